The van der Waals surface area contributed by atoms with Gasteiger partial charge in [-0.25, -0.2) is 0 Å². The van der Waals surface area contributed by atoms with E-state index in [2.05, 4.69) is 5.32 Å². The molecule has 2 saturated heterocycles. The van der Waals surface area contributed by atoms with Gasteiger partial charge in [-0.1, -0.05) is 0 Å². The van der Waals surface area contributed by atoms with Gasteiger partial charge in [0, 0.05) is 6.61 Å². The standard InChI is InChI=1S/C12H19NO5/c1-11(10(15)16)7-17-6-8(11)13-9(14)12(2)4-3-5-18-12/h8H,3-7H2,1-2H3,(H,13,14)(H,15,16). The normalized spacial score (nSPS) is 39.8. The lowest BCUT2D eigenvalue weighted by Crippen LogP contribution is -2.55. The highest BCUT2D eigenvalue weighted by Crippen LogP contribution is 2.31. The van der Waals surface area contributed by atoms with Gasteiger partial charge < -0.3 is 19.9 Å². The number of rotatable bonds is 3. The second kappa shape index (κ2) is 4.51. The van der Waals surface area contributed by atoms with Crippen LogP contribution in [0.3, 0.4) is 0 Å². The van der Waals surface area contributed by atoms with E-state index < -0.39 is 23.0 Å². The summed E-state index contributed by atoms with van der Waals surface area (Å²) in [4.78, 5) is 23.4. The van der Waals surface area contributed by atoms with Crippen LogP contribution in [-0.2, 0) is 19.1 Å². The molecule has 3 atom stereocenters. The lowest BCUT2D eigenvalue weighted by atomic mass is 9.85. The van der Waals surface area contributed by atoms with E-state index in [0.717, 1.165) is 6.42 Å². The number of carboxylic acid groups (broad SMARTS) is 1. The first kappa shape index (κ1) is 13.3. The van der Waals surface area contributed by atoms with Crippen LogP contribution in [0.25, 0.3) is 0 Å². The quantitative estimate of drug-likeness (QED) is 0.752. The number of amides is 1. The van der Waals surface area contributed by atoms with Gasteiger partial charge in [0.25, 0.3) is 5.91 Å². The highest BCUT2D eigenvalue weighted by Gasteiger charge is 2.49. The molecule has 0 aromatic heterocycles. The summed E-state index contributed by atoms with van der Waals surface area (Å²) in [6, 6.07) is -0.511. The number of carboxylic acids is 1. The van der Waals surface area contributed by atoms with Crippen LogP contribution in [0.4, 0.5) is 0 Å². The number of carbonyl (C=O) groups is 2. The van der Waals surface area contributed by atoms with Crippen LogP contribution >= 0.6 is 0 Å². The largest absolute Gasteiger partial charge is 0.481 e. The molecule has 0 bridgehead atoms. The Kier molecular flexibility index (Phi) is 3.33. The number of carbonyl (C=O) groups excluding carboxylic acids is 1. The first-order valence-corrected chi connectivity index (χ1v) is 6.14. The second-order valence-corrected chi connectivity index (χ2v) is 5.45. The van der Waals surface area contributed by atoms with Crippen molar-refractivity contribution >= 4 is 11.9 Å². The second-order valence-electron chi connectivity index (χ2n) is 5.45. The van der Waals surface area contributed by atoms with Crippen molar-refractivity contribution in [2.75, 3.05) is 19.8 Å². The van der Waals surface area contributed by atoms with Crippen molar-refractivity contribution < 1.29 is 24.2 Å². The molecule has 0 radical (unpaired) electrons. The van der Waals surface area contributed by atoms with Gasteiger partial charge in [0.2, 0.25) is 0 Å². The van der Waals surface area contributed by atoms with Gasteiger partial charge in [0.15, 0.2) is 0 Å². The van der Waals surface area contributed by atoms with Crippen LogP contribution in [0, 0.1) is 5.41 Å². The van der Waals surface area contributed by atoms with E-state index in [4.69, 9.17) is 9.47 Å². The molecule has 6 heteroatoms. The Balaban J connectivity index is 2.05. The molecular weight excluding hydrogens is 238 g/mol. The van der Waals surface area contributed by atoms with E-state index in [0.29, 0.717) is 13.0 Å². The first-order valence-electron chi connectivity index (χ1n) is 6.14. The number of nitrogens with one attached hydrogen (secondary N) is 1. The fourth-order valence-electron chi connectivity index (χ4n) is 2.35. The molecule has 3 unspecified atom stereocenters. The SMILES string of the molecule is CC1(C(=O)NC2COCC2(C)C(=O)O)CCCO1. The van der Waals surface area contributed by atoms with E-state index >= 15 is 0 Å². The number of hydrogen-bond acceptors (Lipinski definition) is 4. The number of ether oxygens (including phenoxy) is 2. The van der Waals surface area contributed by atoms with E-state index in [1.807, 2.05) is 0 Å². The Morgan fingerprint density at radius 1 is 1.39 bits per heavy atom. The summed E-state index contributed by atoms with van der Waals surface area (Å²) in [6.07, 6.45) is 1.51. The zero-order chi connectivity index (χ0) is 13.4. The zero-order valence-electron chi connectivity index (χ0n) is 10.7. The van der Waals surface area contributed by atoms with Crippen molar-refractivity contribution in [3.05, 3.63) is 0 Å². The van der Waals surface area contributed by atoms with Crippen molar-refractivity contribution in [3.63, 3.8) is 0 Å². The predicted molar refractivity (Wildman–Crippen MR) is 62.1 cm³/mol. The summed E-state index contributed by atoms with van der Waals surface area (Å²) in [7, 11) is 0. The maximum absolute atomic E-state index is 12.1. The molecule has 2 N–H and O–H groups in total. The third-order valence-electron chi connectivity index (χ3n) is 3.95. The van der Waals surface area contributed by atoms with Crippen LogP contribution in [-0.4, -0.2) is 48.4 Å². The molecule has 0 aliphatic carbocycles. The highest BCUT2D eigenvalue weighted by atomic mass is 16.5. The monoisotopic (exact) mass is 257 g/mol. The molecule has 0 aromatic rings. The van der Waals surface area contributed by atoms with Gasteiger partial charge in [-0.05, 0) is 26.7 Å². The van der Waals surface area contributed by atoms with Gasteiger partial charge in [0.1, 0.15) is 11.0 Å². The average molecular weight is 257 g/mol. The molecule has 18 heavy (non-hydrogen) atoms. The molecule has 2 rings (SSSR count). The van der Waals surface area contributed by atoms with Crippen LogP contribution in [0.15, 0.2) is 0 Å². The summed E-state index contributed by atoms with van der Waals surface area (Å²) >= 11 is 0. The molecule has 102 valence electrons. The van der Waals surface area contributed by atoms with Crippen molar-refractivity contribution in [1.29, 1.82) is 0 Å². The summed E-state index contributed by atoms with van der Waals surface area (Å²) < 4.78 is 10.6. The third-order valence-corrected chi connectivity index (χ3v) is 3.95. The molecule has 6 nitrogen and oxygen atoms in total. The number of aliphatic carboxylic acids is 1. The van der Waals surface area contributed by atoms with Gasteiger partial charge in [0.05, 0.1) is 19.3 Å². The van der Waals surface area contributed by atoms with Gasteiger partial charge in [-0.2, -0.15) is 0 Å². The predicted octanol–water partition coefficient (Wildman–Crippen LogP) is 0.161. The van der Waals surface area contributed by atoms with Crippen LogP contribution < -0.4 is 5.32 Å². The molecule has 2 aliphatic heterocycles. The smallest absolute Gasteiger partial charge is 0.313 e. The van der Waals surface area contributed by atoms with Crippen molar-refractivity contribution in [1.82, 2.24) is 5.32 Å². The minimum absolute atomic E-state index is 0.116. The van der Waals surface area contributed by atoms with Gasteiger partial charge in [-0.3, -0.25) is 9.59 Å². The van der Waals surface area contributed by atoms with Gasteiger partial charge in [-0.15, -0.1) is 0 Å². The number of hydrogen-bond donors (Lipinski definition) is 2. The molecule has 2 heterocycles. The fraction of sp³-hybridized carbons (Fsp3) is 0.833. The van der Waals surface area contributed by atoms with E-state index in [1.165, 1.54) is 0 Å². The average Bonchev–Trinajstić information content (AvgIpc) is 2.88. The van der Waals surface area contributed by atoms with Gasteiger partial charge >= 0.3 is 5.97 Å². The maximum Gasteiger partial charge on any atom is 0.313 e. The van der Waals surface area contributed by atoms with Crippen molar-refractivity contribution in [3.8, 4) is 0 Å². The first-order chi connectivity index (χ1) is 8.38. The summed E-state index contributed by atoms with van der Waals surface area (Å²) in [5, 5.41) is 12.0. The Morgan fingerprint density at radius 3 is 2.67 bits per heavy atom. The van der Waals surface area contributed by atoms with Crippen LogP contribution in [0.5, 0.6) is 0 Å². The molecule has 2 fully saturated rings. The molecule has 0 saturated carbocycles. The lowest BCUT2D eigenvalue weighted by Gasteiger charge is -2.29. The minimum Gasteiger partial charge on any atom is -0.481 e. The zero-order valence-corrected chi connectivity index (χ0v) is 10.7. The summed E-state index contributed by atoms with van der Waals surface area (Å²) in [6.45, 7) is 4.24. The van der Waals surface area contributed by atoms with E-state index in [1.54, 1.807) is 13.8 Å². The topological polar surface area (TPSA) is 84.9 Å². The van der Waals surface area contributed by atoms with Crippen molar-refractivity contribution in [2.24, 2.45) is 5.41 Å². The fourth-order valence-corrected chi connectivity index (χ4v) is 2.35. The molecule has 0 aromatic carbocycles. The summed E-state index contributed by atoms with van der Waals surface area (Å²) in [5.41, 5.74) is -1.90. The molecular formula is C12H19NO5. The molecule has 0 spiro atoms. The van der Waals surface area contributed by atoms with E-state index in [-0.39, 0.29) is 19.1 Å². The Labute approximate surface area is 106 Å². The Hall–Kier alpha value is -1.14. The highest BCUT2D eigenvalue weighted by molar-refractivity contribution is 5.86. The minimum atomic E-state index is -1.06. The Morgan fingerprint density at radius 2 is 2.11 bits per heavy atom. The third kappa shape index (κ3) is 2.10. The van der Waals surface area contributed by atoms with Crippen LogP contribution in [0.1, 0.15) is 26.7 Å². The van der Waals surface area contributed by atoms with Crippen molar-refractivity contribution in [2.45, 2.75) is 38.3 Å². The van der Waals surface area contributed by atoms with Crippen LogP contribution in [0.2, 0.25) is 0 Å². The summed E-state index contributed by atoms with van der Waals surface area (Å²) in [5.74, 6) is -1.20. The molecule has 2 aliphatic rings. The molecule has 1 amide bonds. The van der Waals surface area contributed by atoms with E-state index in [9.17, 15) is 14.7 Å². The Bertz CT molecular complexity index is 363. The lowest BCUT2D eigenvalue weighted by molar-refractivity contribution is -0.150. The maximum atomic E-state index is 12.1.